The van der Waals surface area contributed by atoms with E-state index in [0.717, 1.165) is 4.90 Å². The number of phenolic OH excluding ortho intramolecular Hbond substituents is 1. The zero-order chi connectivity index (χ0) is 8.97. The van der Waals surface area contributed by atoms with E-state index in [0.29, 0.717) is 5.56 Å². The highest BCUT2D eigenvalue weighted by Gasteiger charge is 2.00. The van der Waals surface area contributed by atoms with Gasteiger partial charge in [-0.15, -0.1) is 11.8 Å². The number of thioether (sulfide) groups is 1. The fourth-order valence-electron chi connectivity index (χ4n) is 0.905. The van der Waals surface area contributed by atoms with E-state index in [4.69, 9.17) is 5.26 Å². The lowest BCUT2D eigenvalue weighted by Crippen LogP contribution is -1.82. The molecule has 0 fully saturated rings. The maximum absolute atomic E-state index is 9.39. The number of benzene rings is 1. The van der Waals surface area contributed by atoms with Crippen LogP contribution in [0.25, 0.3) is 0 Å². The Labute approximate surface area is 75.8 Å². The summed E-state index contributed by atoms with van der Waals surface area (Å²) in [6, 6.07) is 7.36. The number of hydrogen-bond acceptors (Lipinski definition) is 3. The SMILES string of the molecule is CSc1ccc(CC#N)c(O)c1. The third-order valence-electron chi connectivity index (χ3n) is 1.56. The van der Waals surface area contributed by atoms with Gasteiger partial charge in [0.2, 0.25) is 0 Å². The molecule has 0 aromatic heterocycles. The lowest BCUT2D eigenvalue weighted by Gasteiger charge is -2.01. The second kappa shape index (κ2) is 4.03. The maximum atomic E-state index is 9.39. The smallest absolute Gasteiger partial charge is 0.120 e. The Balaban J connectivity index is 2.97. The van der Waals surface area contributed by atoms with E-state index in [1.54, 1.807) is 23.9 Å². The van der Waals surface area contributed by atoms with E-state index in [-0.39, 0.29) is 12.2 Å². The molecule has 62 valence electrons. The molecule has 1 N–H and O–H groups in total. The first-order chi connectivity index (χ1) is 5.77. The minimum Gasteiger partial charge on any atom is -0.508 e. The van der Waals surface area contributed by atoms with E-state index in [1.807, 2.05) is 18.4 Å². The maximum Gasteiger partial charge on any atom is 0.120 e. The molecule has 0 spiro atoms. The van der Waals surface area contributed by atoms with Crippen molar-refractivity contribution in [1.29, 1.82) is 5.26 Å². The van der Waals surface area contributed by atoms with Crippen LogP contribution in [0.5, 0.6) is 5.75 Å². The predicted octanol–water partition coefficient (Wildman–Crippen LogP) is 2.18. The summed E-state index contributed by atoms with van der Waals surface area (Å²) in [5.41, 5.74) is 0.690. The first-order valence-electron chi connectivity index (χ1n) is 3.50. The number of nitriles is 1. The van der Waals surface area contributed by atoms with Gasteiger partial charge in [-0.05, 0) is 18.4 Å². The Bertz CT molecular complexity index is 317. The Morgan fingerprint density at radius 3 is 2.83 bits per heavy atom. The van der Waals surface area contributed by atoms with Crippen LogP contribution in [0.4, 0.5) is 0 Å². The van der Waals surface area contributed by atoms with Crippen LogP contribution in [0.2, 0.25) is 0 Å². The zero-order valence-corrected chi connectivity index (χ0v) is 7.56. The number of nitrogens with zero attached hydrogens (tertiary/aromatic N) is 1. The molecule has 2 nitrogen and oxygen atoms in total. The molecule has 3 heteroatoms. The lowest BCUT2D eigenvalue weighted by atomic mass is 10.1. The Kier molecular flexibility index (Phi) is 3.01. The molecule has 12 heavy (non-hydrogen) atoms. The summed E-state index contributed by atoms with van der Waals surface area (Å²) in [5.74, 6) is 0.211. The summed E-state index contributed by atoms with van der Waals surface area (Å²) in [4.78, 5) is 1.01. The fourth-order valence-corrected chi connectivity index (χ4v) is 1.34. The topological polar surface area (TPSA) is 44.0 Å². The van der Waals surface area contributed by atoms with Crippen molar-refractivity contribution >= 4 is 11.8 Å². The van der Waals surface area contributed by atoms with Gasteiger partial charge in [-0.25, -0.2) is 0 Å². The second-order valence-electron chi connectivity index (χ2n) is 2.33. The third-order valence-corrected chi connectivity index (χ3v) is 2.29. The number of hydrogen-bond donors (Lipinski definition) is 1. The van der Waals surface area contributed by atoms with Crippen LogP contribution in [0.15, 0.2) is 23.1 Å². The van der Waals surface area contributed by atoms with Gasteiger partial charge in [0.05, 0.1) is 12.5 Å². The van der Waals surface area contributed by atoms with Crippen molar-refractivity contribution in [3.05, 3.63) is 23.8 Å². The van der Waals surface area contributed by atoms with E-state index in [1.165, 1.54) is 0 Å². The highest BCUT2D eigenvalue weighted by Crippen LogP contribution is 2.24. The largest absolute Gasteiger partial charge is 0.508 e. The van der Waals surface area contributed by atoms with Crippen molar-refractivity contribution < 1.29 is 5.11 Å². The lowest BCUT2D eigenvalue weighted by molar-refractivity contribution is 0.468. The first kappa shape index (κ1) is 8.95. The minimum absolute atomic E-state index is 0.211. The molecule has 0 saturated heterocycles. The molecule has 0 atom stereocenters. The molecule has 0 bridgehead atoms. The van der Waals surface area contributed by atoms with Crippen LogP contribution in [0.3, 0.4) is 0 Å². The number of phenols is 1. The van der Waals surface area contributed by atoms with E-state index in [9.17, 15) is 5.11 Å². The highest BCUT2D eigenvalue weighted by atomic mass is 32.2. The molecule has 0 heterocycles. The molecule has 0 radical (unpaired) electrons. The van der Waals surface area contributed by atoms with Crippen molar-refractivity contribution in [2.45, 2.75) is 11.3 Å². The van der Waals surface area contributed by atoms with Gasteiger partial charge in [-0.2, -0.15) is 5.26 Å². The average Bonchev–Trinajstić information content (AvgIpc) is 2.09. The van der Waals surface area contributed by atoms with Crippen molar-refractivity contribution in [3.63, 3.8) is 0 Å². The predicted molar refractivity (Wildman–Crippen MR) is 49.2 cm³/mol. The Hall–Kier alpha value is -1.14. The number of aromatic hydroxyl groups is 1. The van der Waals surface area contributed by atoms with Crippen LogP contribution >= 0.6 is 11.8 Å². The first-order valence-corrected chi connectivity index (χ1v) is 4.73. The summed E-state index contributed by atoms with van der Waals surface area (Å²) in [5, 5.41) is 17.8. The summed E-state index contributed by atoms with van der Waals surface area (Å²) < 4.78 is 0. The molecule has 0 aliphatic rings. The van der Waals surface area contributed by atoms with Crippen LogP contribution in [-0.2, 0) is 6.42 Å². The minimum atomic E-state index is 0.211. The van der Waals surface area contributed by atoms with Crippen molar-refractivity contribution in [1.82, 2.24) is 0 Å². The van der Waals surface area contributed by atoms with Gasteiger partial charge in [0.15, 0.2) is 0 Å². The summed E-state index contributed by atoms with van der Waals surface area (Å²) in [7, 11) is 0. The Morgan fingerprint density at radius 2 is 2.33 bits per heavy atom. The fraction of sp³-hybridized carbons (Fsp3) is 0.222. The summed E-state index contributed by atoms with van der Waals surface area (Å²) in [6.45, 7) is 0. The van der Waals surface area contributed by atoms with Gasteiger partial charge < -0.3 is 5.11 Å². The van der Waals surface area contributed by atoms with Gasteiger partial charge >= 0.3 is 0 Å². The molecular formula is C9H9NOS. The second-order valence-corrected chi connectivity index (χ2v) is 3.21. The monoisotopic (exact) mass is 179 g/mol. The average molecular weight is 179 g/mol. The molecule has 0 amide bonds. The Morgan fingerprint density at radius 1 is 1.58 bits per heavy atom. The molecule has 1 rings (SSSR count). The summed E-state index contributed by atoms with van der Waals surface area (Å²) in [6.07, 6.45) is 2.21. The van der Waals surface area contributed by atoms with Gasteiger partial charge in [0, 0.05) is 10.5 Å². The van der Waals surface area contributed by atoms with Gasteiger partial charge in [0.25, 0.3) is 0 Å². The summed E-state index contributed by atoms with van der Waals surface area (Å²) >= 11 is 1.57. The quantitative estimate of drug-likeness (QED) is 0.708. The van der Waals surface area contributed by atoms with Crippen LogP contribution in [-0.4, -0.2) is 11.4 Å². The molecule has 0 aliphatic heterocycles. The standard InChI is InChI=1S/C9H9NOS/c1-12-8-3-2-7(4-5-10)9(11)6-8/h2-3,6,11H,4H2,1H3. The van der Waals surface area contributed by atoms with Gasteiger partial charge in [0.1, 0.15) is 5.75 Å². The molecule has 0 aliphatic carbocycles. The van der Waals surface area contributed by atoms with Crippen molar-refractivity contribution in [2.75, 3.05) is 6.26 Å². The van der Waals surface area contributed by atoms with Gasteiger partial charge in [-0.1, -0.05) is 6.07 Å². The van der Waals surface area contributed by atoms with Gasteiger partial charge in [-0.3, -0.25) is 0 Å². The van der Waals surface area contributed by atoms with E-state index >= 15 is 0 Å². The molecule has 0 saturated carbocycles. The normalized spacial score (nSPS) is 9.33. The van der Waals surface area contributed by atoms with Crippen molar-refractivity contribution in [2.24, 2.45) is 0 Å². The molecule has 1 aromatic carbocycles. The van der Waals surface area contributed by atoms with Crippen molar-refractivity contribution in [3.8, 4) is 11.8 Å². The van der Waals surface area contributed by atoms with E-state index < -0.39 is 0 Å². The van der Waals surface area contributed by atoms with Crippen LogP contribution in [0, 0.1) is 11.3 Å². The zero-order valence-electron chi connectivity index (χ0n) is 6.74. The number of rotatable bonds is 2. The third kappa shape index (κ3) is 1.93. The molecular weight excluding hydrogens is 170 g/mol. The highest BCUT2D eigenvalue weighted by molar-refractivity contribution is 7.98. The van der Waals surface area contributed by atoms with Crippen LogP contribution in [0.1, 0.15) is 5.56 Å². The van der Waals surface area contributed by atoms with E-state index in [2.05, 4.69) is 0 Å². The van der Waals surface area contributed by atoms with Crippen LogP contribution < -0.4 is 0 Å². The molecule has 1 aromatic rings. The molecule has 0 unspecified atom stereocenters.